The van der Waals surface area contributed by atoms with Crippen LogP contribution in [0.1, 0.15) is 5.56 Å². The SMILES string of the molecule is O=[N+]([O-])c1ccc(N=Cc2c(O)ccc3ccccc23)c(Cl)c1. The Bertz CT molecular complexity index is 938. The minimum absolute atomic E-state index is 0.0954. The Morgan fingerprint density at radius 3 is 2.65 bits per heavy atom. The molecule has 3 aromatic carbocycles. The quantitative estimate of drug-likeness (QED) is 0.424. The van der Waals surface area contributed by atoms with Gasteiger partial charge in [0.15, 0.2) is 0 Å². The van der Waals surface area contributed by atoms with Crippen LogP contribution in [-0.4, -0.2) is 16.2 Å². The molecule has 23 heavy (non-hydrogen) atoms. The summed E-state index contributed by atoms with van der Waals surface area (Å²) in [6, 6.07) is 15.1. The van der Waals surface area contributed by atoms with Gasteiger partial charge in [-0.05, 0) is 22.9 Å². The van der Waals surface area contributed by atoms with Crippen LogP contribution in [0.15, 0.2) is 59.6 Å². The molecule has 0 fully saturated rings. The molecule has 0 aliphatic rings. The largest absolute Gasteiger partial charge is 0.507 e. The molecule has 0 radical (unpaired) electrons. The number of nitro benzene ring substituents is 1. The summed E-state index contributed by atoms with van der Waals surface area (Å²) in [6.07, 6.45) is 1.50. The highest BCUT2D eigenvalue weighted by Crippen LogP contribution is 2.30. The first-order valence-electron chi connectivity index (χ1n) is 6.75. The van der Waals surface area contributed by atoms with E-state index in [9.17, 15) is 15.2 Å². The number of non-ortho nitro benzene ring substituents is 1. The van der Waals surface area contributed by atoms with Gasteiger partial charge in [0.05, 0.1) is 15.6 Å². The van der Waals surface area contributed by atoms with E-state index < -0.39 is 4.92 Å². The minimum Gasteiger partial charge on any atom is -0.507 e. The average Bonchev–Trinajstić information content (AvgIpc) is 2.55. The van der Waals surface area contributed by atoms with Crippen molar-refractivity contribution in [3.8, 4) is 5.75 Å². The molecule has 3 aromatic rings. The van der Waals surface area contributed by atoms with Gasteiger partial charge in [0.25, 0.3) is 5.69 Å². The monoisotopic (exact) mass is 326 g/mol. The first kappa shape index (κ1) is 15.0. The Morgan fingerprint density at radius 2 is 1.91 bits per heavy atom. The second-order valence-corrected chi connectivity index (χ2v) is 5.28. The van der Waals surface area contributed by atoms with E-state index >= 15 is 0 Å². The standard InChI is InChI=1S/C17H11ClN2O3/c18-15-9-12(20(22)23)6-7-16(15)19-10-14-13-4-2-1-3-11(13)5-8-17(14)21/h1-10,21H. The Kier molecular flexibility index (Phi) is 3.95. The lowest BCUT2D eigenvalue weighted by Crippen LogP contribution is -1.88. The molecular formula is C17H11ClN2O3. The number of aliphatic imine (C=N–C) groups is 1. The molecule has 0 saturated carbocycles. The lowest BCUT2D eigenvalue weighted by atomic mass is 10.0. The molecule has 0 aromatic heterocycles. The first-order chi connectivity index (χ1) is 11.1. The lowest BCUT2D eigenvalue weighted by molar-refractivity contribution is -0.384. The molecule has 0 saturated heterocycles. The van der Waals surface area contributed by atoms with Gasteiger partial charge in [-0.3, -0.25) is 15.1 Å². The fourth-order valence-corrected chi connectivity index (χ4v) is 2.49. The number of aromatic hydroxyl groups is 1. The average molecular weight is 327 g/mol. The molecule has 6 heteroatoms. The van der Waals surface area contributed by atoms with Gasteiger partial charge in [-0.2, -0.15) is 0 Å². The maximum atomic E-state index is 10.7. The lowest BCUT2D eigenvalue weighted by Gasteiger charge is -2.05. The maximum Gasteiger partial charge on any atom is 0.271 e. The van der Waals surface area contributed by atoms with Crippen LogP contribution in [0.4, 0.5) is 11.4 Å². The van der Waals surface area contributed by atoms with Gasteiger partial charge in [0, 0.05) is 23.9 Å². The number of fused-ring (bicyclic) bond motifs is 1. The molecule has 5 nitrogen and oxygen atoms in total. The Balaban J connectivity index is 2.04. The van der Waals surface area contributed by atoms with E-state index in [1.54, 1.807) is 6.07 Å². The fraction of sp³-hybridized carbons (Fsp3) is 0. The van der Waals surface area contributed by atoms with Gasteiger partial charge >= 0.3 is 0 Å². The van der Waals surface area contributed by atoms with Crippen LogP contribution >= 0.6 is 11.6 Å². The van der Waals surface area contributed by atoms with Crippen LogP contribution in [0.5, 0.6) is 5.75 Å². The second kappa shape index (κ2) is 6.06. The van der Waals surface area contributed by atoms with Gasteiger partial charge in [0.1, 0.15) is 5.75 Å². The van der Waals surface area contributed by atoms with Crippen molar-refractivity contribution < 1.29 is 10.0 Å². The van der Waals surface area contributed by atoms with Crippen LogP contribution in [0.25, 0.3) is 10.8 Å². The van der Waals surface area contributed by atoms with Gasteiger partial charge in [0.2, 0.25) is 0 Å². The van der Waals surface area contributed by atoms with E-state index in [2.05, 4.69) is 4.99 Å². The summed E-state index contributed by atoms with van der Waals surface area (Å²) in [5.41, 5.74) is 0.865. The van der Waals surface area contributed by atoms with Crippen molar-refractivity contribution in [2.24, 2.45) is 4.99 Å². The number of phenolic OH excluding ortho intramolecular Hbond substituents is 1. The zero-order chi connectivity index (χ0) is 16.4. The highest BCUT2D eigenvalue weighted by atomic mass is 35.5. The van der Waals surface area contributed by atoms with E-state index in [4.69, 9.17) is 11.6 Å². The predicted octanol–water partition coefficient (Wildman–Crippen LogP) is 4.86. The van der Waals surface area contributed by atoms with E-state index in [1.807, 2.05) is 30.3 Å². The molecule has 0 bridgehead atoms. The molecule has 0 aliphatic carbocycles. The number of phenols is 1. The van der Waals surface area contributed by atoms with Crippen molar-refractivity contribution >= 4 is 40.0 Å². The van der Waals surface area contributed by atoms with Gasteiger partial charge in [-0.25, -0.2) is 0 Å². The smallest absolute Gasteiger partial charge is 0.271 e. The molecule has 0 atom stereocenters. The van der Waals surface area contributed by atoms with Crippen molar-refractivity contribution in [3.63, 3.8) is 0 Å². The number of nitrogens with zero attached hydrogens (tertiary/aromatic N) is 2. The summed E-state index contributed by atoms with van der Waals surface area (Å²) >= 11 is 6.02. The molecule has 0 aliphatic heterocycles. The maximum absolute atomic E-state index is 10.7. The van der Waals surface area contributed by atoms with E-state index in [0.29, 0.717) is 11.3 Å². The third-order valence-corrected chi connectivity index (χ3v) is 3.73. The summed E-state index contributed by atoms with van der Waals surface area (Å²) in [6.45, 7) is 0. The third kappa shape index (κ3) is 3.00. The van der Waals surface area contributed by atoms with Crippen molar-refractivity contribution in [1.29, 1.82) is 0 Å². The predicted molar refractivity (Wildman–Crippen MR) is 91.0 cm³/mol. The minimum atomic E-state index is -0.518. The summed E-state index contributed by atoms with van der Waals surface area (Å²) in [5, 5.41) is 22.8. The van der Waals surface area contributed by atoms with Crippen molar-refractivity contribution in [2.45, 2.75) is 0 Å². The molecular weight excluding hydrogens is 316 g/mol. The molecule has 114 valence electrons. The number of rotatable bonds is 3. The molecule has 0 amide bonds. The normalized spacial score (nSPS) is 11.2. The van der Waals surface area contributed by atoms with Gasteiger partial charge in [-0.15, -0.1) is 0 Å². The van der Waals surface area contributed by atoms with Crippen LogP contribution in [0.3, 0.4) is 0 Å². The topological polar surface area (TPSA) is 75.7 Å². The van der Waals surface area contributed by atoms with E-state index in [0.717, 1.165) is 10.8 Å². The zero-order valence-electron chi connectivity index (χ0n) is 11.8. The number of nitro groups is 1. The van der Waals surface area contributed by atoms with Crippen molar-refractivity contribution in [1.82, 2.24) is 0 Å². The van der Waals surface area contributed by atoms with Crippen molar-refractivity contribution in [3.05, 3.63) is 75.3 Å². The summed E-state index contributed by atoms with van der Waals surface area (Å²) in [4.78, 5) is 14.4. The van der Waals surface area contributed by atoms with Crippen LogP contribution in [0.2, 0.25) is 5.02 Å². The molecule has 0 unspecified atom stereocenters. The Labute approximate surface area is 136 Å². The third-order valence-electron chi connectivity index (χ3n) is 3.42. The van der Waals surface area contributed by atoms with Gasteiger partial charge in [-0.1, -0.05) is 41.9 Å². The van der Waals surface area contributed by atoms with Gasteiger partial charge < -0.3 is 5.11 Å². The van der Waals surface area contributed by atoms with Crippen LogP contribution < -0.4 is 0 Å². The molecule has 3 rings (SSSR count). The Hall–Kier alpha value is -2.92. The van der Waals surface area contributed by atoms with E-state index in [1.165, 1.54) is 24.4 Å². The molecule has 0 spiro atoms. The summed E-state index contributed by atoms with van der Waals surface area (Å²) in [7, 11) is 0. The highest BCUT2D eigenvalue weighted by Gasteiger charge is 2.09. The highest BCUT2D eigenvalue weighted by molar-refractivity contribution is 6.33. The van der Waals surface area contributed by atoms with Crippen LogP contribution in [-0.2, 0) is 0 Å². The first-order valence-corrected chi connectivity index (χ1v) is 7.13. The number of hydrogen-bond donors (Lipinski definition) is 1. The summed E-state index contributed by atoms with van der Waals surface area (Å²) in [5.74, 6) is 0.102. The van der Waals surface area contributed by atoms with Crippen LogP contribution in [0, 0.1) is 10.1 Å². The number of hydrogen-bond acceptors (Lipinski definition) is 4. The number of benzene rings is 3. The van der Waals surface area contributed by atoms with E-state index in [-0.39, 0.29) is 16.5 Å². The molecule has 1 N–H and O–H groups in total. The van der Waals surface area contributed by atoms with Crippen molar-refractivity contribution in [2.75, 3.05) is 0 Å². The zero-order valence-corrected chi connectivity index (χ0v) is 12.6. The fourth-order valence-electron chi connectivity index (χ4n) is 2.27. The number of halogens is 1. The molecule has 0 heterocycles. The second-order valence-electron chi connectivity index (χ2n) is 4.87. The summed E-state index contributed by atoms with van der Waals surface area (Å²) < 4.78 is 0. The Morgan fingerprint density at radius 1 is 1.13 bits per heavy atom.